The number of rotatable bonds is 4. The molecule has 1 aliphatic heterocycles. The van der Waals surface area contributed by atoms with Gasteiger partial charge in [-0.15, -0.1) is 0 Å². The van der Waals surface area contributed by atoms with Crippen LogP contribution in [0.3, 0.4) is 0 Å². The quantitative estimate of drug-likeness (QED) is 0.180. The molecule has 8 rings (SSSR count). The van der Waals surface area contributed by atoms with Gasteiger partial charge in [-0.3, -0.25) is 0 Å². The molecule has 1 heterocycles. The van der Waals surface area contributed by atoms with Crippen LogP contribution in [0.25, 0.3) is 66.1 Å². The highest BCUT2D eigenvalue weighted by Crippen LogP contribution is 2.46. The van der Waals surface area contributed by atoms with Gasteiger partial charge in [-0.1, -0.05) is 158 Å². The van der Waals surface area contributed by atoms with Crippen LogP contribution in [0.15, 0.2) is 186 Å². The fourth-order valence-electron chi connectivity index (χ4n) is 6.70. The number of fused-ring (bicyclic) bond motifs is 3. The first-order chi connectivity index (χ1) is 22.7. The summed E-state index contributed by atoms with van der Waals surface area (Å²) in [7, 11) is 0. The van der Waals surface area contributed by atoms with E-state index in [4.69, 9.17) is 0 Å². The lowest BCUT2D eigenvalue weighted by Gasteiger charge is -2.20. The third-order valence-corrected chi connectivity index (χ3v) is 9.83. The van der Waals surface area contributed by atoms with Crippen LogP contribution >= 0.6 is 11.8 Å². The Balaban J connectivity index is 1.41. The van der Waals surface area contributed by atoms with Crippen LogP contribution < -0.4 is 0 Å². The fourth-order valence-corrected chi connectivity index (χ4v) is 7.60. The average molecular weight is 605 g/mol. The standard InChI is InChI=1S/C45H32S/c1-31-15-5-2-10-20-34-25-26-35(30-43(34)46-31)44-39-21-11-13-23-41(39)45(42-24-14-12-22-40(42)44)38-28-36(32-16-6-3-7-17-32)27-37(29-38)33-18-8-4-9-19-33/h2-19,21-30H,1,20H2/b10-2-,15-5-. The van der Waals surface area contributed by atoms with Crippen LogP contribution in [0.2, 0.25) is 0 Å². The molecule has 0 atom stereocenters. The normalized spacial score (nSPS) is 14.3. The molecule has 0 aromatic heterocycles. The van der Waals surface area contributed by atoms with Gasteiger partial charge in [0.2, 0.25) is 0 Å². The molecule has 0 nitrogen and oxygen atoms in total. The number of hydrogen-bond acceptors (Lipinski definition) is 1. The van der Waals surface area contributed by atoms with Gasteiger partial charge in [0, 0.05) is 9.80 Å². The second-order valence-corrected chi connectivity index (χ2v) is 12.9. The lowest BCUT2D eigenvalue weighted by molar-refractivity contribution is 1.18. The van der Waals surface area contributed by atoms with Gasteiger partial charge < -0.3 is 0 Å². The van der Waals surface area contributed by atoms with E-state index in [1.807, 2.05) is 0 Å². The number of thioether (sulfide) groups is 1. The van der Waals surface area contributed by atoms with E-state index < -0.39 is 0 Å². The minimum absolute atomic E-state index is 0.905. The molecule has 7 aromatic rings. The highest BCUT2D eigenvalue weighted by Gasteiger charge is 2.19. The second kappa shape index (κ2) is 12.2. The molecule has 7 aromatic carbocycles. The second-order valence-electron chi connectivity index (χ2n) is 11.8. The Hall–Kier alpha value is -5.37. The summed E-state index contributed by atoms with van der Waals surface area (Å²) in [5.74, 6) is 0. The number of benzene rings is 7. The summed E-state index contributed by atoms with van der Waals surface area (Å²) in [4.78, 5) is 2.31. The molecular formula is C45H32S. The van der Waals surface area contributed by atoms with Crippen LogP contribution in [0.1, 0.15) is 5.56 Å². The minimum atomic E-state index is 0.905. The fraction of sp³-hybridized carbons (Fsp3) is 0.0222. The monoisotopic (exact) mass is 604 g/mol. The Morgan fingerprint density at radius 2 is 0.935 bits per heavy atom. The molecule has 0 unspecified atom stereocenters. The predicted molar refractivity (Wildman–Crippen MR) is 200 cm³/mol. The van der Waals surface area contributed by atoms with Crippen molar-refractivity contribution < 1.29 is 0 Å². The lowest BCUT2D eigenvalue weighted by Crippen LogP contribution is -1.93. The van der Waals surface area contributed by atoms with Gasteiger partial charge in [0.05, 0.1) is 0 Å². The summed E-state index contributed by atoms with van der Waals surface area (Å²) in [6.07, 6.45) is 9.42. The van der Waals surface area contributed by atoms with Crippen LogP contribution in [0.5, 0.6) is 0 Å². The van der Waals surface area contributed by atoms with Crippen LogP contribution in [-0.4, -0.2) is 0 Å². The van der Waals surface area contributed by atoms with Crippen molar-refractivity contribution in [3.05, 3.63) is 187 Å². The first-order valence-corrected chi connectivity index (χ1v) is 16.6. The molecular weight excluding hydrogens is 573 g/mol. The smallest absolute Gasteiger partial charge is 0.0163 e. The van der Waals surface area contributed by atoms with Crippen molar-refractivity contribution >= 4 is 33.3 Å². The van der Waals surface area contributed by atoms with Crippen molar-refractivity contribution in [1.82, 2.24) is 0 Å². The molecule has 0 saturated heterocycles. The highest BCUT2D eigenvalue weighted by molar-refractivity contribution is 8.03. The highest BCUT2D eigenvalue weighted by atomic mass is 32.2. The summed E-state index contributed by atoms with van der Waals surface area (Å²) >= 11 is 1.76. The van der Waals surface area contributed by atoms with E-state index in [9.17, 15) is 0 Å². The lowest BCUT2D eigenvalue weighted by atomic mass is 9.84. The summed E-state index contributed by atoms with van der Waals surface area (Å²) in [6.45, 7) is 4.30. The molecule has 0 bridgehead atoms. The Bertz CT molecular complexity index is 2190. The van der Waals surface area contributed by atoms with Crippen LogP contribution in [0, 0.1) is 0 Å². The molecule has 46 heavy (non-hydrogen) atoms. The van der Waals surface area contributed by atoms with Gasteiger partial charge in [0.25, 0.3) is 0 Å². The topological polar surface area (TPSA) is 0 Å². The molecule has 0 radical (unpaired) electrons. The molecule has 0 amide bonds. The summed E-state index contributed by atoms with van der Waals surface area (Å²) in [5, 5.41) is 5.03. The minimum Gasteiger partial charge on any atom is -0.0904 e. The van der Waals surface area contributed by atoms with Crippen molar-refractivity contribution in [3.63, 3.8) is 0 Å². The molecule has 0 aliphatic carbocycles. The molecule has 0 N–H and O–H groups in total. The maximum atomic E-state index is 4.30. The van der Waals surface area contributed by atoms with E-state index in [2.05, 4.69) is 176 Å². The van der Waals surface area contributed by atoms with Gasteiger partial charge >= 0.3 is 0 Å². The van der Waals surface area contributed by atoms with Gasteiger partial charge in [-0.25, -0.2) is 0 Å². The summed E-state index contributed by atoms with van der Waals surface area (Å²) in [6, 6.07) is 53.3. The van der Waals surface area contributed by atoms with E-state index in [1.54, 1.807) is 11.8 Å². The summed E-state index contributed by atoms with van der Waals surface area (Å²) in [5.41, 5.74) is 11.2. The predicted octanol–water partition coefficient (Wildman–Crippen LogP) is 12.9. The molecule has 218 valence electrons. The number of hydrogen-bond donors (Lipinski definition) is 0. The van der Waals surface area contributed by atoms with Crippen molar-refractivity contribution in [1.29, 1.82) is 0 Å². The van der Waals surface area contributed by atoms with E-state index >= 15 is 0 Å². The average Bonchev–Trinajstić information content (AvgIpc) is 3.20. The Labute approximate surface area is 275 Å². The van der Waals surface area contributed by atoms with Crippen molar-refractivity contribution in [2.24, 2.45) is 0 Å². The molecule has 0 spiro atoms. The summed E-state index contributed by atoms with van der Waals surface area (Å²) < 4.78 is 0. The third kappa shape index (κ3) is 5.30. The third-order valence-electron chi connectivity index (χ3n) is 8.83. The van der Waals surface area contributed by atoms with Crippen molar-refractivity contribution in [3.8, 4) is 44.5 Å². The van der Waals surface area contributed by atoms with Crippen LogP contribution in [-0.2, 0) is 6.42 Å². The zero-order chi connectivity index (χ0) is 30.9. The van der Waals surface area contributed by atoms with E-state index in [1.165, 1.54) is 76.5 Å². The molecule has 0 fully saturated rings. The van der Waals surface area contributed by atoms with E-state index in [-0.39, 0.29) is 0 Å². The van der Waals surface area contributed by atoms with Crippen molar-refractivity contribution in [2.45, 2.75) is 11.3 Å². The molecule has 1 aliphatic rings. The van der Waals surface area contributed by atoms with Gasteiger partial charge in [0.15, 0.2) is 0 Å². The zero-order valence-corrected chi connectivity index (χ0v) is 26.3. The van der Waals surface area contributed by atoms with E-state index in [0.29, 0.717) is 0 Å². The van der Waals surface area contributed by atoms with Gasteiger partial charge in [-0.2, -0.15) is 0 Å². The maximum absolute atomic E-state index is 4.30. The van der Waals surface area contributed by atoms with Gasteiger partial charge in [0.1, 0.15) is 0 Å². The maximum Gasteiger partial charge on any atom is 0.0163 e. The van der Waals surface area contributed by atoms with E-state index in [0.717, 1.165) is 11.3 Å². The van der Waals surface area contributed by atoms with Crippen molar-refractivity contribution in [2.75, 3.05) is 0 Å². The number of allylic oxidation sites excluding steroid dienone is 4. The Kier molecular flexibility index (Phi) is 7.46. The van der Waals surface area contributed by atoms with Gasteiger partial charge in [-0.05, 0) is 108 Å². The molecule has 1 heteroatoms. The SMILES string of the molecule is C=C1/C=C\C=C/Cc2ccc(-c3c4ccccc4c(-c4cc(-c5ccccc5)cc(-c5ccccc5)c4)c4ccccc34)cc2S1. The van der Waals surface area contributed by atoms with Crippen LogP contribution in [0.4, 0.5) is 0 Å². The largest absolute Gasteiger partial charge is 0.0904 e. The zero-order valence-electron chi connectivity index (χ0n) is 25.5. The molecule has 0 saturated carbocycles. The Morgan fingerprint density at radius 1 is 0.435 bits per heavy atom. The Morgan fingerprint density at radius 3 is 1.50 bits per heavy atom. The first kappa shape index (κ1) is 28.1. The first-order valence-electron chi connectivity index (χ1n) is 15.8.